The minimum Gasteiger partial charge on any atom is -0.352 e. The van der Waals surface area contributed by atoms with Crippen LogP contribution >= 0.6 is 0 Å². The summed E-state index contributed by atoms with van der Waals surface area (Å²) in [7, 11) is 0. The molecular weight excluding hydrogens is 310 g/mol. The minimum atomic E-state index is -0.599. The number of carbonyl (C=O) groups excluding carboxylic acids is 1. The summed E-state index contributed by atoms with van der Waals surface area (Å²) in [6, 6.07) is 7.62. The van der Waals surface area contributed by atoms with Crippen LogP contribution in [0.4, 0.5) is 0 Å². The number of amides is 1. The van der Waals surface area contributed by atoms with Crippen LogP contribution in [-0.2, 0) is 17.8 Å². The molecule has 1 aromatic carbocycles. The van der Waals surface area contributed by atoms with Gasteiger partial charge in [0.2, 0.25) is 5.91 Å². The van der Waals surface area contributed by atoms with Gasteiger partial charge in [0.15, 0.2) is 0 Å². The fraction of sp³-hybridized carbons (Fsp3) is 0.125. The maximum atomic E-state index is 12.0. The molecule has 0 spiro atoms. The highest BCUT2D eigenvalue weighted by atomic mass is 16.2. The van der Waals surface area contributed by atoms with Gasteiger partial charge in [-0.3, -0.25) is 14.6 Å². The van der Waals surface area contributed by atoms with Gasteiger partial charge in [-0.15, -0.1) is 0 Å². The molecule has 8 nitrogen and oxygen atoms in total. The lowest BCUT2D eigenvalue weighted by atomic mass is 10.1. The second-order valence-corrected chi connectivity index (χ2v) is 5.15. The van der Waals surface area contributed by atoms with Crippen LogP contribution in [0.3, 0.4) is 0 Å². The largest absolute Gasteiger partial charge is 0.352 e. The number of benzene rings is 1. The number of aromatic amines is 2. The lowest BCUT2D eigenvalue weighted by molar-refractivity contribution is -0.120. The van der Waals surface area contributed by atoms with Crippen molar-refractivity contribution in [2.45, 2.75) is 13.0 Å². The summed E-state index contributed by atoms with van der Waals surface area (Å²) in [5.74, 6) is -0.312. The lowest BCUT2D eigenvalue weighted by Crippen LogP contribution is -2.30. The zero-order valence-corrected chi connectivity index (χ0v) is 12.7. The van der Waals surface area contributed by atoms with E-state index < -0.39 is 11.2 Å². The molecule has 3 N–H and O–H groups in total. The van der Waals surface area contributed by atoms with E-state index in [4.69, 9.17) is 0 Å². The number of H-pyrrole nitrogens is 2. The van der Waals surface area contributed by atoms with E-state index in [9.17, 15) is 14.4 Å². The molecule has 0 unspecified atom stereocenters. The quantitative estimate of drug-likeness (QED) is 0.618. The van der Waals surface area contributed by atoms with Gasteiger partial charge in [-0.1, -0.05) is 18.2 Å². The van der Waals surface area contributed by atoms with Crippen molar-refractivity contribution in [1.29, 1.82) is 0 Å². The standard InChI is InChI=1S/C16H15N5O3/c22-14(7-12-9-19-16(24)20-15(12)23)18-8-11-3-1-2-4-13(11)21-6-5-17-10-21/h1-6,9-10H,7-8H2,(H,18,22)(H2,19,20,23,24). The van der Waals surface area contributed by atoms with Crippen LogP contribution in [0.2, 0.25) is 0 Å². The van der Waals surface area contributed by atoms with E-state index in [0.717, 1.165) is 11.3 Å². The number of carbonyl (C=O) groups is 1. The zero-order chi connectivity index (χ0) is 16.9. The van der Waals surface area contributed by atoms with Crippen molar-refractivity contribution >= 4 is 5.91 Å². The highest BCUT2D eigenvalue weighted by Gasteiger charge is 2.09. The number of hydrogen-bond donors (Lipinski definition) is 3. The van der Waals surface area contributed by atoms with Gasteiger partial charge < -0.3 is 14.9 Å². The second kappa shape index (κ2) is 6.78. The van der Waals surface area contributed by atoms with Gasteiger partial charge in [-0.2, -0.15) is 0 Å². The van der Waals surface area contributed by atoms with Crippen LogP contribution in [0, 0.1) is 0 Å². The Bertz CT molecular complexity index is 956. The number of rotatable bonds is 5. The van der Waals surface area contributed by atoms with E-state index in [-0.39, 0.29) is 17.9 Å². The van der Waals surface area contributed by atoms with Crippen molar-refractivity contribution in [2.75, 3.05) is 0 Å². The summed E-state index contributed by atoms with van der Waals surface area (Å²) < 4.78 is 1.86. The minimum absolute atomic E-state index is 0.112. The molecule has 0 aliphatic carbocycles. The molecule has 1 amide bonds. The van der Waals surface area contributed by atoms with E-state index >= 15 is 0 Å². The molecule has 0 radical (unpaired) electrons. The highest BCUT2D eigenvalue weighted by molar-refractivity contribution is 5.78. The number of aromatic nitrogens is 4. The Morgan fingerprint density at radius 1 is 1.21 bits per heavy atom. The van der Waals surface area contributed by atoms with E-state index in [0.29, 0.717) is 6.54 Å². The fourth-order valence-corrected chi connectivity index (χ4v) is 2.31. The molecule has 0 aliphatic rings. The topological polar surface area (TPSA) is 113 Å². The van der Waals surface area contributed by atoms with Gasteiger partial charge in [0, 0.05) is 30.7 Å². The number of nitrogens with one attached hydrogen (secondary N) is 3. The molecule has 3 rings (SSSR count). The average molecular weight is 325 g/mol. The maximum absolute atomic E-state index is 12.0. The molecule has 0 saturated carbocycles. The molecule has 8 heteroatoms. The van der Waals surface area contributed by atoms with Gasteiger partial charge in [-0.05, 0) is 11.6 Å². The number of hydrogen-bond acceptors (Lipinski definition) is 4. The number of para-hydroxylation sites is 1. The summed E-state index contributed by atoms with van der Waals surface area (Å²) in [6.07, 6.45) is 6.32. The molecule has 0 bridgehead atoms. The van der Waals surface area contributed by atoms with Crippen LogP contribution < -0.4 is 16.6 Å². The molecule has 0 atom stereocenters. The molecule has 2 heterocycles. The van der Waals surface area contributed by atoms with Gasteiger partial charge in [0.05, 0.1) is 18.4 Å². The predicted octanol–water partition coefficient (Wildman–Crippen LogP) is 0.108. The van der Waals surface area contributed by atoms with E-state index in [1.165, 1.54) is 6.20 Å². The molecule has 0 saturated heterocycles. The summed E-state index contributed by atoms with van der Waals surface area (Å²) in [4.78, 5) is 43.1. The second-order valence-electron chi connectivity index (χ2n) is 5.15. The Balaban J connectivity index is 1.69. The van der Waals surface area contributed by atoms with E-state index in [1.807, 2.05) is 35.0 Å². The summed E-state index contributed by atoms with van der Waals surface area (Å²) in [6.45, 7) is 0.314. The molecule has 24 heavy (non-hydrogen) atoms. The smallest absolute Gasteiger partial charge is 0.325 e. The first-order valence-electron chi connectivity index (χ1n) is 7.27. The third kappa shape index (κ3) is 3.49. The average Bonchev–Trinajstić information content (AvgIpc) is 3.10. The Hall–Kier alpha value is -3.42. The molecule has 0 fully saturated rings. The van der Waals surface area contributed by atoms with Crippen molar-refractivity contribution in [2.24, 2.45) is 0 Å². The molecule has 122 valence electrons. The van der Waals surface area contributed by atoms with Crippen LogP contribution in [0.5, 0.6) is 0 Å². The summed E-state index contributed by atoms with van der Waals surface area (Å²) in [5, 5.41) is 2.77. The van der Waals surface area contributed by atoms with Crippen molar-refractivity contribution in [3.8, 4) is 5.69 Å². The Kier molecular flexibility index (Phi) is 4.37. The van der Waals surface area contributed by atoms with E-state index in [2.05, 4.69) is 20.3 Å². The molecule has 0 aliphatic heterocycles. The normalized spacial score (nSPS) is 10.5. The zero-order valence-electron chi connectivity index (χ0n) is 12.7. The van der Waals surface area contributed by atoms with Crippen LogP contribution in [0.15, 0.2) is 58.8 Å². The third-order valence-electron chi connectivity index (χ3n) is 3.50. The van der Waals surface area contributed by atoms with Gasteiger partial charge in [0.1, 0.15) is 0 Å². The van der Waals surface area contributed by atoms with Crippen molar-refractivity contribution < 1.29 is 4.79 Å². The summed E-state index contributed by atoms with van der Waals surface area (Å²) >= 11 is 0. The lowest BCUT2D eigenvalue weighted by Gasteiger charge is -2.11. The third-order valence-corrected chi connectivity index (χ3v) is 3.50. The number of imidazole rings is 1. The van der Waals surface area contributed by atoms with Gasteiger partial charge >= 0.3 is 5.69 Å². The SMILES string of the molecule is O=C(Cc1c[nH]c(=O)[nH]c1=O)NCc1ccccc1-n1ccnc1. The van der Waals surface area contributed by atoms with E-state index in [1.54, 1.807) is 12.5 Å². The maximum Gasteiger partial charge on any atom is 0.325 e. The molecular formula is C16H15N5O3. The summed E-state index contributed by atoms with van der Waals surface area (Å²) in [5.41, 5.74) is 0.873. The Labute approximate surface area is 136 Å². The van der Waals surface area contributed by atoms with Crippen molar-refractivity contribution in [3.05, 3.63) is 81.1 Å². The van der Waals surface area contributed by atoms with Crippen LogP contribution in [0.25, 0.3) is 5.69 Å². The highest BCUT2D eigenvalue weighted by Crippen LogP contribution is 2.13. The van der Waals surface area contributed by atoms with Gasteiger partial charge in [-0.25, -0.2) is 9.78 Å². The van der Waals surface area contributed by atoms with Crippen molar-refractivity contribution in [3.63, 3.8) is 0 Å². The van der Waals surface area contributed by atoms with Gasteiger partial charge in [0.25, 0.3) is 5.56 Å². The first-order valence-corrected chi connectivity index (χ1v) is 7.27. The number of nitrogens with zero attached hydrogens (tertiary/aromatic N) is 2. The fourth-order valence-electron chi connectivity index (χ4n) is 2.31. The monoisotopic (exact) mass is 325 g/mol. The van der Waals surface area contributed by atoms with Crippen molar-refractivity contribution in [1.82, 2.24) is 24.8 Å². The first-order chi connectivity index (χ1) is 11.6. The van der Waals surface area contributed by atoms with Crippen LogP contribution in [-0.4, -0.2) is 25.4 Å². The molecule has 3 aromatic rings. The first kappa shape index (κ1) is 15.5. The molecule has 2 aromatic heterocycles. The Morgan fingerprint density at radius 2 is 2.04 bits per heavy atom. The Morgan fingerprint density at radius 3 is 2.79 bits per heavy atom. The predicted molar refractivity (Wildman–Crippen MR) is 86.8 cm³/mol. The van der Waals surface area contributed by atoms with Crippen LogP contribution in [0.1, 0.15) is 11.1 Å².